The van der Waals surface area contributed by atoms with Gasteiger partial charge in [0.05, 0.1) is 30.9 Å². The van der Waals surface area contributed by atoms with E-state index >= 15 is 0 Å². The molecule has 3 rings (SSSR count). The molecule has 1 aromatic rings. The highest BCUT2D eigenvalue weighted by Gasteiger charge is 2.94. The maximum atomic E-state index is 13.7. The first-order chi connectivity index (χ1) is 13.7. The zero-order valence-corrected chi connectivity index (χ0v) is 16.1. The lowest BCUT2D eigenvalue weighted by molar-refractivity contribution is -0.259. The summed E-state index contributed by atoms with van der Waals surface area (Å²) in [6.45, 7) is 3.93. The third kappa shape index (κ3) is 2.58. The van der Waals surface area contributed by atoms with E-state index in [-0.39, 0.29) is 24.6 Å². The van der Waals surface area contributed by atoms with Gasteiger partial charge in [-0.2, -0.15) is 23.7 Å². The molecule has 0 aromatic heterocycles. The van der Waals surface area contributed by atoms with Gasteiger partial charge in [0.15, 0.2) is 5.41 Å². The van der Waals surface area contributed by atoms with Crippen molar-refractivity contribution in [2.75, 3.05) is 13.2 Å². The Hall–Kier alpha value is -2.62. The molecule has 0 saturated heterocycles. The summed E-state index contributed by atoms with van der Waals surface area (Å²) < 4.78 is 52.7. The molecule has 0 bridgehead atoms. The molecule has 0 radical (unpaired) electrons. The average molecular weight is 406 g/mol. The van der Waals surface area contributed by atoms with E-state index in [1.807, 2.05) is 26.0 Å². The Balaban J connectivity index is 2.24. The van der Waals surface area contributed by atoms with E-state index in [1.54, 1.807) is 0 Å². The minimum absolute atomic E-state index is 0.138. The molecule has 2 aliphatic rings. The van der Waals surface area contributed by atoms with Crippen LogP contribution >= 0.6 is 0 Å². The molecule has 1 aliphatic carbocycles. The molecule has 3 atom stereocenters. The molecule has 2 N–H and O–H groups in total. The van der Waals surface area contributed by atoms with Crippen molar-refractivity contribution in [3.8, 4) is 12.1 Å². The molecule has 154 valence electrons. The minimum Gasteiger partial charge on any atom is -0.386 e. The number of benzene rings is 1. The Bertz CT molecular complexity index is 910. The minimum atomic E-state index is -4.66. The van der Waals surface area contributed by atoms with Crippen molar-refractivity contribution in [3.63, 3.8) is 0 Å². The SMILES string of the molecule is CCCOC1(OCCC)N=C(N)C2(C#N)C(c3ccccc3C(F)(F)F)C12C#N. The van der Waals surface area contributed by atoms with Crippen molar-refractivity contribution >= 4 is 5.84 Å². The number of fused-ring (bicyclic) bond motifs is 1. The van der Waals surface area contributed by atoms with Gasteiger partial charge < -0.3 is 15.2 Å². The van der Waals surface area contributed by atoms with Crippen LogP contribution < -0.4 is 5.73 Å². The Labute approximate surface area is 166 Å². The number of halogens is 3. The van der Waals surface area contributed by atoms with Crippen molar-refractivity contribution in [3.05, 3.63) is 35.4 Å². The quantitative estimate of drug-likeness (QED) is 0.695. The Morgan fingerprint density at radius 3 is 2.17 bits per heavy atom. The van der Waals surface area contributed by atoms with Crippen molar-refractivity contribution in [1.29, 1.82) is 10.5 Å². The van der Waals surface area contributed by atoms with Gasteiger partial charge in [0, 0.05) is 5.92 Å². The van der Waals surface area contributed by atoms with Gasteiger partial charge in [-0.25, -0.2) is 4.99 Å². The zero-order valence-electron chi connectivity index (χ0n) is 16.1. The van der Waals surface area contributed by atoms with Crippen LogP contribution in [0.1, 0.15) is 43.7 Å². The smallest absolute Gasteiger partial charge is 0.386 e. The normalized spacial score (nSPS) is 29.5. The Morgan fingerprint density at radius 1 is 1.10 bits per heavy atom. The zero-order chi connectivity index (χ0) is 21.5. The largest absolute Gasteiger partial charge is 0.416 e. The van der Waals surface area contributed by atoms with Gasteiger partial charge in [-0.15, -0.1) is 0 Å². The number of nitriles is 2. The van der Waals surface area contributed by atoms with Crippen molar-refractivity contribution < 1.29 is 22.6 Å². The van der Waals surface area contributed by atoms with Crippen LogP contribution in [0.2, 0.25) is 0 Å². The number of alkyl halides is 3. The first-order valence-corrected chi connectivity index (χ1v) is 9.34. The van der Waals surface area contributed by atoms with Gasteiger partial charge in [0.2, 0.25) is 0 Å². The summed E-state index contributed by atoms with van der Waals surface area (Å²) in [6.07, 6.45) is -3.56. The number of hydrogen-bond donors (Lipinski definition) is 1. The fraction of sp³-hybridized carbons (Fsp3) is 0.550. The predicted octanol–water partition coefficient (Wildman–Crippen LogP) is 3.70. The van der Waals surface area contributed by atoms with E-state index in [1.165, 1.54) is 18.2 Å². The van der Waals surface area contributed by atoms with Crippen molar-refractivity contribution in [2.45, 2.75) is 44.7 Å². The van der Waals surface area contributed by atoms with Crippen LogP contribution in [0, 0.1) is 33.5 Å². The highest BCUT2D eigenvalue weighted by molar-refractivity contribution is 6.00. The number of amidine groups is 1. The summed E-state index contributed by atoms with van der Waals surface area (Å²) in [5.41, 5.74) is 1.38. The topological polar surface area (TPSA) is 104 Å². The lowest BCUT2D eigenvalue weighted by Gasteiger charge is -2.32. The van der Waals surface area contributed by atoms with Crippen molar-refractivity contribution in [2.24, 2.45) is 21.6 Å². The lowest BCUT2D eigenvalue weighted by atomic mass is 9.92. The van der Waals surface area contributed by atoms with Crippen LogP contribution in [-0.4, -0.2) is 25.0 Å². The fourth-order valence-corrected chi connectivity index (χ4v) is 4.31. The van der Waals surface area contributed by atoms with Gasteiger partial charge in [-0.05, 0) is 24.5 Å². The summed E-state index contributed by atoms with van der Waals surface area (Å²) >= 11 is 0. The number of nitrogens with two attached hydrogens (primary N) is 1. The molecule has 1 aromatic carbocycles. The van der Waals surface area contributed by atoms with Gasteiger partial charge in [0.1, 0.15) is 11.3 Å². The first-order valence-electron chi connectivity index (χ1n) is 9.34. The molecule has 1 heterocycles. The third-order valence-electron chi connectivity index (χ3n) is 5.51. The first kappa shape index (κ1) is 21.1. The van der Waals surface area contributed by atoms with Gasteiger partial charge >= 0.3 is 6.18 Å². The van der Waals surface area contributed by atoms with Gasteiger partial charge in [-0.3, -0.25) is 0 Å². The summed E-state index contributed by atoms with van der Waals surface area (Å²) in [4.78, 5) is 4.20. The van der Waals surface area contributed by atoms with Gasteiger partial charge in [0.25, 0.3) is 5.91 Å². The highest BCUT2D eigenvalue weighted by atomic mass is 19.4. The number of nitrogens with zero attached hydrogens (tertiary/aromatic N) is 3. The number of aliphatic imine (C=N–C) groups is 1. The van der Waals surface area contributed by atoms with E-state index < -0.39 is 34.4 Å². The van der Waals surface area contributed by atoms with E-state index in [0.717, 1.165) is 6.07 Å². The Morgan fingerprint density at radius 2 is 1.69 bits per heavy atom. The summed E-state index contributed by atoms with van der Waals surface area (Å²) in [7, 11) is 0. The van der Waals surface area contributed by atoms with Crippen LogP contribution in [0.4, 0.5) is 13.2 Å². The van der Waals surface area contributed by atoms with E-state index in [4.69, 9.17) is 15.2 Å². The predicted molar refractivity (Wildman–Crippen MR) is 97.1 cm³/mol. The van der Waals surface area contributed by atoms with E-state index in [0.29, 0.717) is 12.8 Å². The second-order valence-electron chi connectivity index (χ2n) is 7.13. The highest BCUT2D eigenvalue weighted by Crippen LogP contribution is 2.82. The van der Waals surface area contributed by atoms with Crippen LogP contribution in [-0.2, 0) is 15.7 Å². The molecule has 29 heavy (non-hydrogen) atoms. The summed E-state index contributed by atoms with van der Waals surface area (Å²) in [6, 6.07) is 8.91. The average Bonchev–Trinajstić information content (AvgIpc) is 3.28. The number of rotatable bonds is 7. The van der Waals surface area contributed by atoms with E-state index in [9.17, 15) is 23.7 Å². The second kappa shape index (κ2) is 7.01. The molecule has 1 aliphatic heterocycles. The van der Waals surface area contributed by atoms with Crippen LogP contribution in [0.3, 0.4) is 0 Å². The maximum absolute atomic E-state index is 13.7. The van der Waals surface area contributed by atoms with Crippen LogP contribution in [0.15, 0.2) is 29.3 Å². The molecule has 0 amide bonds. The molecule has 9 heteroatoms. The molecule has 1 fully saturated rings. The third-order valence-corrected chi connectivity index (χ3v) is 5.51. The molecular weight excluding hydrogens is 385 g/mol. The van der Waals surface area contributed by atoms with Crippen molar-refractivity contribution in [1.82, 2.24) is 0 Å². The van der Waals surface area contributed by atoms with Gasteiger partial charge in [-0.1, -0.05) is 32.0 Å². The second-order valence-corrected chi connectivity index (χ2v) is 7.13. The number of ether oxygens (including phenoxy) is 2. The molecule has 1 saturated carbocycles. The number of hydrogen-bond acceptors (Lipinski definition) is 6. The monoisotopic (exact) mass is 406 g/mol. The fourth-order valence-electron chi connectivity index (χ4n) is 4.31. The Kier molecular flexibility index (Phi) is 5.10. The molecule has 6 nitrogen and oxygen atoms in total. The van der Waals surface area contributed by atoms with Crippen LogP contribution in [0.25, 0.3) is 0 Å². The lowest BCUT2D eigenvalue weighted by Crippen LogP contribution is -2.44. The molecule has 3 unspecified atom stereocenters. The molecular formula is C20H21F3N4O2. The summed E-state index contributed by atoms with van der Waals surface area (Å²) in [5.74, 6) is -3.36. The van der Waals surface area contributed by atoms with E-state index in [2.05, 4.69) is 4.99 Å². The van der Waals surface area contributed by atoms with Crippen LogP contribution in [0.5, 0.6) is 0 Å². The maximum Gasteiger partial charge on any atom is 0.416 e. The molecule has 0 spiro atoms. The standard InChI is InChI=1S/C20H21F3N4O2/c1-3-9-28-20(29-10-4-2)18(12-25)15(17(18,11-24)16(26)27-20)13-7-5-6-8-14(13)19(21,22)23/h5-8,15H,3-4,9-10H2,1-2H3,(H2,26,27). The summed E-state index contributed by atoms with van der Waals surface area (Å²) in [5, 5.41) is 20.2.